The lowest BCUT2D eigenvalue weighted by molar-refractivity contribution is -0.109. The zero-order valence-corrected chi connectivity index (χ0v) is 7.65. The highest BCUT2D eigenvalue weighted by Crippen LogP contribution is 2.32. The van der Waals surface area contributed by atoms with Crippen LogP contribution in [0.2, 0.25) is 0 Å². The minimum absolute atomic E-state index is 0.244. The lowest BCUT2D eigenvalue weighted by Gasteiger charge is -2.23. The molecule has 0 heterocycles. The topological polar surface area (TPSA) is 17.1 Å². The molecule has 0 fully saturated rings. The first-order valence-electron chi connectivity index (χ1n) is 3.47. The number of hydrogen-bond acceptors (Lipinski definition) is 1. The zero-order chi connectivity index (χ0) is 7.61. The van der Waals surface area contributed by atoms with E-state index in [2.05, 4.69) is 28.9 Å². The molecule has 0 aliphatic heterocycles. The second kappa shape index (κ2) is 2.87. The second-order valence-corrected chi connectivity index (χ2v) is 4.49. The maximum Gasteiger partial charge on any atom is 0.137 e. The zero-order valence-electron chi connectivity index (χ0n) is 6.06. The predicted molar refractivity (Wildman–Crippen MR) is 45.3 cm³/mol. The number of allylic oxidation sites excluding steroid dienone is 2. The highest BCUT2D eigenvalue weighted by atomic mass is 79.9. The Kier molecular flexibility index (Phi) is 2.29. The van der Waals surface area contributed by atoms with E-state index in [0.717, 1.165) is 25.5 Å². The van der Waals surface area contributed by atoms with Gasteiger partial charge >= 0.3 is 0 Å². The van der Waals surface area contributed by atoms with Crippen LogP contribution in [-0.4, -0.2) is 10.6 Å². The summed E-state index contributed by atoms with van der Waals surface area (Å²) in [6.45, 7) is 2.11. The van der Waals surface area contributed by atoms with Gasteiger partial charge in [-0.2, -0.15) is 0 Å². The Morgan fingerprint density at radius 3 is 2.90 bits per heavy atom. The smallest absolute Gasteiger partial charge is 0.137 e. The normalized spacial score (nSPS) is 33.2. The Morgan fingerprint density at radius 1 is 1.80 bits per heavy atom. The van der Waals surface area contributed by atoms with E-state index in [1.807, 2.05) is 0 Å². The summed E-state index contributed by atoms with van der Waals surface area (Å²) in [6, 6.07) is 0. The summed E-state index contributed by atoms with van der Waals surface area (Å²) in [4.78, 5) is 10.5. The van der Waals surface area contributed by atoms with Crippen LogP contribution >= 0.6 is 15.9 Å². The van der Waals surface area contributed by atoms with Gasteiger partial charge in [0.05, 0.1) is 4.32 Å². The summed E-state index contributed by atoms with van der Waals surface area (Å²) in [5.41, 5.74) is 1.40. The Morgan fingerprint density at radius 2 is 2.50 bits per heavy atom. The first-order chi connectivity index (χ1) is 4.66. The van der Waals surface area contributed by atoms with Crippen LogP contribution in [0, 0.1) is 0 Å². The van der Waals surface area contributed by atoms with Gasteiger partial charge in [0, 0.05) is 0 Å². The van der Waals surface area contributed by atoms with Gasteiger partial charge in [-0.15, -0.1) is 0 Å². The molecular formula is C8H11BrO. The summed E-state index contributed by atoms with van der Waals surface area (Å²) in [6.07, 6.45) is 5.98. The van der Waals surface area contributed by atoms with Crippen molar-refractivity contribution < 1.29 is 4.79 Å². The fraction of sp³-hybridized carbons (Fsp3) is 0.625. The molecule has 0 bridgehead atoms. The van der Waals surface area contributed by atoms with Gasteiger partial charge in [0.1, 0.15) is 6.29 Å². The second-order valence-electron chi connectivity index (χ2n) is 2.91. The molecule has 10 heavy (non-hydrogen) atoms. The average Bonchev–Trinajstić information content (AvgIpc) is 1.96. The molecular weight excluding hydrogens is 192 g/mol. The van der Waals surface area contributed by atoms with E-state index in [9.17, 15) is 4.79 Å². The lowest BCUT2D eigenvalue weighted by atomic mass is 9.91. The average molecular weight is 203 g/mol. The molecule has 0 aromatic rings. The van der Waals surface area contributed by atoms with Crippen molar-refractivity contribution in [2.75, 3.05) is 0 Å². The molecule has 2 heteroatoms. The van der Waals surface area contributed by atoms with Gasteiger partial charge in [0.15, 0.2) is 0 Å². The standard InChI is InChI=1S/C8H11BrO/c1-7-2-4-8(9,6-10)5-3-7/h2,6H,3-5H2,1H3/t8-/m0/s1. The minimum Gasteiger partial charge on any atom is -0.302 e. The third kappa shape index (κ3) is 1.69. The summed E-state index contributed by atoms with van der Waals surface area (Å²) in [5, 5.41) is 0. The fourth-order valence-electron chi connectivity index (χ4n) is 1.06. The van der Waals surface area contributed by atoms with E-state index in [1.54, 1.807) is 0 Å². The van der Waals surface area contributed by atoms with Crippen molar-refractivity contribution in [2.24, 2.45) is 0 Å². The third-order valence-corrected chi connectivity index (χ3v) is 2.84. The van der Waals surface area contributed by atoms with Crippen LogP contribution in [0.3, 0.4) is 0 Å². The van der Waals surface area contributed by atoms with E-state index in [0.29, 0.717) is 0 Å². The van der Waals surface area contributed by atoms with Gasteiger partial charge in [0.25, 0.3) is 0 Å². The number of alkyl halides is 1. The molecule has 0 amide bonds. The predicted octanol–water partition coefficient (Wildman–Crippen LogP) is 2.45. The quantitative estimate of drug-likeness (QED) is 0.363. The van der Waals surface area contributed by atoms with Crippen molar-refractivity contribution >= 4 is 22.2 Å². The van der Waals surface area contributed by atoms with Crippen molar-refractivity contribution in [3.63, 3.8) is 0 Å². The van der Waals surface area contributed by atoms with E-state index >= 15 is 0 Å². The number of carbonyl (C=O) groups excluding carboxylic acids is 1. The monoisotopic (exact) mass is 202 g/mol. The minimum atomic E-state index is -0.244. The molecule has 1 nitrogen and oxygen atoms in total. The van der Waals surface area contributed by atoms with E-state index in [-0.39, 0.29) is 4.32 Å². The van der Waals surface area contributed by atoms with Gasteiger partial charge in [-0.3, -0.25) is 0 Å². The lowest BCUT2D eigenvalue weighted by Crippen LogP contribution is -2.24. The summed E-state index contributed by atoms with van der Waals surface area (Å²) in [7, 11) is 0. The van der Waals surface area contributed by atoms with E-state index < -0.39 is 0 Å². The van der Waals surface area contributed by atoms with Crippen molar-refractivity contribution in [3.05, 3.63) is 11.6 Å². The van der Waals surface area contributed by atoms with Gasteiger partial charge < -0.3 is 4.79 Å². The summed E-state index contributed by atoms with van der Waals surface area (Å²) >= 11 is 3.41. The Labute approximate surface area is 69.6 Å². The molecule has 0 aromatic carbocycles. The molecule has 0 aromatic heterocycles. The molecule has 56 valence electrons. The SMILES string of the molecule is CC1=CC[C@@](Br)(C=O)CC1. The summed E-state index contributed by atoms with van der Waals surface area (Å²) in [5.74, 6) is 0. The summed E-state index contributed by atoms with van der Waals surface area (Å²) < 4.78 is -0.244. The Bertz CT molecular complexity index is 174. The van der Waals surface area contributed by atoms with Crippen molar-refractivity contribution in [1.29, 1.82) is 0 Å². The van der Waals surface area contributed by atoms with E-state index in [1.165, 1.54) is 5.57 Å². The molecule has 1 rings (SSSR count). The van der Waals surface area contributed by atoms with Crippen LogP contribution in [0.5, 0.6) is 0 Å². The molecule has 0 spiro atoms. The largest absolute Gasteiger partial charge is 0.302 e. The molecule has 1 atom stereocenters. The Hall–Kier alpha value is -0.110. The van der Waals surface area contributed by atoms with Gasteiger partial charge in [-0.05, 0) is 26.2 Å². The van der Waals surface area contributed by atoms with Gasteiger partial charge in [-0.1, -0.05) is 27.6 Å². The van der Waals surface area contributed by atoms with Crippen LogP contribution in [0.4, 0.5) is 0 Å². The maximum atomic E-state index is 10.5. The van der Waals surface area contributed by atoms with Crippen LogP contribution in [0.15, 0.2) is 11.6 Å². The molecule has 1 aliphatic rings. The number of rotatable bonds is 1. The van der Waals surface area contributed by atoms with Crippen LogP contribution in [0.1, 0.15) is 26.2 Å². The molecule has 0 N–H and O–H groups in total. The van der Waals surface area contributed by atoms with Gasteiger partial charge in [0.2, 0.25) is 0 Å². The Balaban J connectivity index is 2.64. The number of hydrogen-bond donors (Lipinski definition) is 0. The molecule has 1 aliphatic carbocycles. The van der Waals surface area contributed by atoms with Crippen LogP contribution in [-0.2, 0) is 4.79 Å². The van der Waals surface area contributed by atoms with Gasteiger partial charge in [-0.25, -0.2) is 0 Å². The van der Waals surface area contributed by atoms with Crippen LogP contribution in [0.25, 0.3) is 0 Å². The molecule has 0 saturated heterocycles. The number of carbonyl (C=O) groups is 1. The number of halogens is 1. The van der Waals surface area contributed by atoms with Crippen molar-refractivity contribution in [1.82, 2.24) is 0 Å². The van der Waals surface area contributed by atoms with Crippen molar-refractivity contribution in [3.8, 4) is 0 Å². The molecule has 0 radical (unpaired) electrons. The van der Waals surface area contributed by atoms with Crippen molar-refractivity contribution in [2.45, 2.75) is 30.5 Å². The highest BCUT2D eigenvalue weighted by Gasteiger charge is 2.26. The maximum absolute atomic E-state index is 10.5. The van der Waals surface area contributed by atoms with Crippen LogP contribution < -0.4 is 0 Å². The first kappa shape index (κ1) is 7.99. The third-order valence-electron chi connectivity index (χ3n) is 1.94. The first-order valence-corrected chi connectivity index (χ1v) is 4.26. The molecule has 0 saturated carbocycles. The number of aldehydes is 1. The molecule has 0 unspecified atom stereocenters. The fourth-order valence-corrected chi connectivity index (χ4v) is 1.42. The highest BCUT2D eigenvalue weighted by molar-refractivity contribution is 9.10. The van der Waals surface area contributed by atoms with E-state index in [4.69, 9.17) is 0 Å².